The summed E-state index contributed by atoms with van der Waals surface area (Å²) in [5.74, 6) is -0.301. The molecule has 8 nitrogen and oxygen atoms in total. The Hall–Kier alpha value is -3.03. The van der Waals surface area contributed by atoms with Crippen LogP contribution < -0.4 is 20.1 Å². The largest absolute Gasteiger partial charge is 0.497 e. The second-order valence-corrected chi connectivity index (χ2v) is 4.46. The number of hydrogen-bond acceptors (Lipinski definition) is 6. The van der Waals surface area contributed by atoms with E-state index in [1.807, 2.05) is 5.32 Å². The van der Waals surface area contributed by atoms with Crippen LogP contribution in [0.5, 0.6) is 11.5 Å². The minimum atomic E-state index is -0.723. The molecule has 0 heterocycles. The lowest BCUT2D eigenvalue weighted by Crippen LogP contribution is -2.41. The minimum absolute atomic E-state index is 0.380. The van der Waals surface area contributed by atoms with Crippen LogP contribution in [0.4, 0.5) is 4.79 Å². The van der Waals surface area contributed by atoms with Crippen LogP contribution in [0.15, 0.2) is 24.3 Å². The molecule has 24 heavy (non-hydrogen) atoms. The Morgan fingerprint density at radius 1 is 1.17 bits per heavy atom. The zero-order valence-electron chi connectivity index (χ0n) is 13.8. The predicted octanol–water partition coefficient (Wildman–Crippen LogP) is 1.11. The third kappa shape index (κ3) is 6.39. The molecule has 0 saturated heterocycles. The summed E-state index contributed by atoms with van der Waals surface area (Å²) in [5, 5.41) is 4.40. The fourth-order valence-electron chi connectivity index (χ4n) is 1.67. The third-order valence-corrected chi connectivity index (χ3v) is 2.78. The monoisotopic (exact) mass is 336 g/mol. The molecule has 0 aliphatic rings. The van der Waals surface area contributed by atoms with Crippen LogP contribution in [0.1, 0.15) is 12.5 Å². The lowest BCUT2D eigenvalue weighted by Gasteiger charge is -2.07. The summed E-state index contributed by atoms with van der Waals surface area (Å²) in [6.07, 6.45) is 2.64. The first-order chi connectivity index (χ1) is 11.5. The zero-order valence-corrected chi connectivity index (χ0v) is 13.8. The van der Waals surface area contributed by atoms with E-state index in [0.29, 0.717) is 23.6 Å². The standard InChI is InChI=1S/C16H20N2O6/c1-4-17-16(21)18-14(19)10-24-15(20)8-6-11-5-7-12(22-2)9-13(11)23-3/h5-9H,4,10H2,1-3H3,(H2,17,18,19,21)/b8-6+. The van der Waals surface area contributed by atoms with E-state index in [1.54, 1.807) is 25.1 Å². The van der Waals surface area contributed by atoms with Gasteiger partial charge in [0, 0.05) is 24.3 Å². The SMILES string of the molecule is CCNC(=O)NC(=O)COC(=O)/C=C/c1ccc(OC)cc1OC. The lowest BCUT2D eigenvalue weighted by atomic mass is 10.2. The highest BCUT2D eigenvalue weighted by Gasteiger charge is 2.09. The highest BCUT2D eigenvalue weighted by molar-refractivity contribution is 5.96. The van der Waals surface area contributed by atoms with E-state index in [0.717, 1.165) is 6.08 Å². The summed E-state index contributed by atoms with van der Waals surface area (Å²) in [6, 6.07) is 4.46. The van der Waals surface area contributed by atoms with Gasteiger partial charge in [-0.1, -0.05) is 0 Å². The summed E-state index contributed by atoms with van der Waals surface area (Å²) in [7, 11) is 3.03. The smallest absolute Gasteiger partial charge is 0.331 e. The van der Waals surface area contributed by atoms with Gasteiger partial charge in [0.15, 0.2) is 6.61 Å². The lowest BCUT2D eigenvalue weighted by molar-refractivity contribution is -0.143. The van der Waals surface area contributed by atoms with Crippen LogP contribution in [-0.2, 0) is 14.3 Å². The van der Waals surface area contributed by atoms with Crippen LogP contribution >= 0.6 is 0 Å². The molecule has 0 atom stereocenters. The van der Waals surface area contributed by atoms with Crippen molar-refractivity contribution in [3.8, 4) is 11.5 Å². The number of amides is 3. The minimum Gasteiger partial charge on any atom is -0.497 e. The van der Waals surface area contributed by atoms with Crippen molar-refractivity contribution in [2.45, 2.75) is 6.92 Å². The van der Waals surface area contributed by atoms with Crippen molar-refractivity contribution in [3.63, 3.8) is 0 Å². The molecule has 0 bridgehead atoms. The Morgan fingerprint density at radius 3 is 2.54 bits per heavy atom. The fourth-order valence-corrected chi connectivity index (χ4v) is 1.67. The summed E-state index contributed by atoms with van der Waals surface area (Å²) in [5.41, 5.74) is 0.641. The first-order valence-corrected chi connectivity index (χ1v) is 7.14. The van der Waals surface area contributed by atoms with Crippen molar-refractivity contribution in [1.29, 1.82) is 0 Å². The Kier molecular flexibility index (Phi) is 7.83. The summed E-state index contributed by atoms with van der Waals surface area (Å²) in [6.45, 7) is 1.54. The number of nitrogens with one attached hydrogen (secondary N) is 2. The second-order valence-electron chi connectivity index (χ2n) is 4.46. The highest BCUT2D eigenvalue weighted by Crippen LogP contribution is 2.25. The van der Waals surface area contributed by atoms with Crippen LogP contribution in [0.25, 0.3) is 6.08 Å². The molecule has 2 N–H and O–H groups in total. The van der Waals surface area contributed by atoms with E-state index in [1.165, 1.54) is 20.3 Å². The number of carbonyl (C=O) groups is 3. The van der Waals surface area contributed by atoms with Crippen molar-refractivity contribution in [3.05, 3.63) is 29.8 Å². The predicted molar refractivity (Wildman–Crippen MR) is 86.8 cm³/mol. The van der Waals surface area contributed by atoms with Crippen molar-refractivity contribution in [2.75, 3.05) is 27.4 Å². The van der Waals surface area contributed by atoms with Gasteiger partial charge in [-0.2, -0.15) is 0 Å². The number of urea groups is 1. The van der Waals surface area contributed by atoms with Crippen LogP contribution in [0.3, 0.4) is 0 Å². The average Bonchev–Trinajstić information content (AvgIpc) is 2.58. The Labute approximate surface area is 139 Å². The van der Waals surface area contributed by atoms with E-state index < -0.39 is 24.5 Å². The Bertz CT molecular complexity index is 627. The van der Waals surface area contributed by atoms with Crippen molar-refractivity contribution in [1.82, 2.24) is 10.6 Å². The molecule has 0 aliphatic carbocycles. The summed E-state index contributed by atoms with van der Waals surface area (Å²) >= 11 is 0. The first kappa shape index (κ1) is 19.0. The van der Waals surface area contributed by atoms with Crippen molar-refractivity contribution < 1.29 is 28.6 Å². The first-order valence-electron chi connectivity index (χ1n) is 7.14. The molecule has 0 spiro atoms. The molecule has 0 radical (unpaired) electrons. The number of esters is 1. The second kappa shape index (κ2) is 9.88. The van der Waals surface area contributed by atoms with Gasteiger partial charge in [0.05, 0.1) is 14.2 Å². The Balaban J connectivity index is 2.54. The van der Waals surface area contributed by atoms with Crippen LogP contribution in [0, 0.1) is 0 Å². The van der Waals surface area contributed by atoms with Gasteiger partial charge >= 0.3 is 12.0 Å². The van der Waals surface area contributed by atoms with E-state index in [4.69, 9.17) is 14.2 Å². The molecule has 130 valence electrons. The molecular formula is C16H20N2O6. The molecule has 0 fully saturated rings. The van der Waals surface area contributed by atoms with E-state index >= 15 is 0 Å². The van der Waals surface area contributed by atoms with Gasteiger partial charge in [-0.25, -0.2) is 9.59 Å². The average molecular weight is 336 g/mol. The van der Waals surface area contributed by atoms with E-state index in [9.17, 15) is 14.4 Å². The molecule has 0 aliphatic heterocycles. The van der Waals surface area contributed by atoms with Crippen LogP contribution in [-0.4, -0.2) is 45.3 Å². The summed E-state index contributed by atoms with van der Waals surface area (Å²) < 4.78 is 15.0. The molecule has 1 rings (SSSR count). The van der Waals surface area contributed by atoms with Gasteiger partial charge < -0.3 is 19.5 Å². The van der Waals surface area contributed by atoms with Gasteiger partial charge in [-0.3, -0.25) is 10.1 Å². The number of carbonyl (C=O) groups excluding carboxylic acids is 3. The number of ether oxygens (including phenoxy) is 3. The van der Waals surface area contributed by atoms with Gasteiger partial charge in [0.2, 0.25) is 0 Å². The Morgan fingerprint density at radius 2 is 1.92 bits per heavy atom. The van der Waals surface area contributed by atoms with Gasteiger partial charge in [-0.05, 0) is 25.1 Å². The number of benzene rings is 1. The van der Waals surface area contributed by atoms with Crippen molar-refractivity contribution in [2.24, 2.45) is 0 Å². The number of methoxy groups -OCH3 is 2. The quantitative estimate of drug-likeness (QED) is 0.571. The molecule has 8 heteroatoms. The van der Waals surface area contributed by atoms with Gasteiger partial charge in [0.25, 0.3) is 5.91 Å². The normalized spacial score (nSPS) is 10.1. The molecule has 0 unspecified atom stereocenters. The van der Waals surface area contributed by atoms with Gasteiger partial charge in [-0.15, -0.1) is 0 Å². The number of imide groups is 1. The maximum absolute atomic E-state index is 11.6. The maximum Gasteiger partial charge on any atom is 0.331 e. The summed E-state index contributed by atoms with van der Waals surface area (Å²) in [4.78, 5) is 34.1. The maximum atomic E-state index is 11.6. The van der Waals surface area contributed by atoms with Crippen molar-refractivity contribution >= 4 is 24.0 Å². The van der Waals surface area contributed by atoms with E-state index in [-0.39, 0.29) is 0 Å². The number of hydrogen-bond donors (Lipinski definition) is 2. The molecule has 3 amide bonds. The van der Waals surface area contributed by atoms with Gasteiger partial charge in [0.1, 0.15) is 11.5 Å². The molecule has 1 aromatic carbocycles. The number of rotatable bonds is 7. The molecule has 0 saturated carbocycles. The molecule has 1 aromatic rings. The highest BCUT2D eigenvalue weighted by atomic mass is 16.5. The van der Waals surface area contributed by atoms with E-state index in [2.05, 4.69) is 5.32 Å². The fraction of sp³-hybridized carbons (Fsp3) is 0.312. The third-order valence-electron chi connectivity index (χ3n) is 2.78. The molecular weight excluding hydrogens is 316 g/mol. The zero-order chi connectivity index (χ0) is 17.9. The molecule has 0 aromatic heterocycles. The van der Waals surface area contributed by atoms with Crippen LogP contribution in [0.2, 0.25) is 0 Å². The topological polar surface area (TPSA) is 103 Å².